The second-order valence-corrected chi connectivity index (χ2v) is 7.36. The molecule has 4 rings (SSSR count). The summed E-state index contributed by atoms with van der Waals surface area (Å²) in [7, 11) is 1.77. The molecule has 1 amide bonds. The van der Waals surface area contributed by atoms with Crippen LogP contribution in [0, 0.1) is 12.8 Å². The number of carbonyl (C=O) groups excluding carboxylic acids is 1. The number of amides is 1. The predicted octanol–water partition coefficient (Wildman–Crippen LogP) is 1.13. The average molecular weight is 359 g/mol. The van der Waals surface area contributed by atoms with Crippen LogP contribution in [0.5, 0.6) is 0 Å². The highest BCUT2D eigenvalue weighted by Gasteiger charge is 2.52. The summed E-state index contributed by atoms with van der Waals surface area (Å²) in [5.41, 5.74) is 1.49. The largest absolute Gasteiger partial charge is 0.372 e. The molecule has 2 aliphatic heterocycles. The zero-order chi connectivity index (χ0) is 18.1. The van der Waals surface area contributed by atoms with Crippen LogP contribution in [-0.4, -0.2) is 57.6 Å². The molecule has 2 saturated heterocycles. The van der Waals surface area contributed by atoms with E-state index in [1.54, 1.807) is 24.0 Å². The topological polar surface area (TPSA) is 85.4 Å². The Morgan fingerprint density at radius 3 is 3.00 bits per heavy atom. The van der Waals surface area contributed by atoms with Crippen molar-refractivity contribution < 1.29 is 14.1 Å². The van der Waals surface area contributed by atoms with E-state index in [4.69, 9.17) is 9.26 Å². The first-order chi connectivity index (χ1) is 12.6. The predicted molar refractivity (Wildman–Crippen MR) is 93.5 cm³/mol. The lowest BCUT2D eigenvalue weighted by Crippen LogP contribution is -2.64. The molecule has 0 unspecified atom stereocenters. The zero-order valence-electron chi connectivity index (χ0n) is 15.3. The van der Waals surface area contributed by atoms with Gasteiger partial charge in [-0.1, -0.05) is 5.16 Å². The Bertz CT molecular complexity index is 777. The summed E-state index contributed by atoms with van der Waals surface area (Å²) in [6.45, 7) is 5.99. The third-order valence-corrected chi connectivity index (χ3v) is 5.48. The number of aromatic nitrogens is 3. The van der Waals surface area contributed by atoms with Gasteiger partial charge in [0.15, 0.2) is 0 Å². The fourth-order valence-electron chi connectivity index (χ4n) is 4.13. The maximum atomic E-state index is 12.2. The summed E-state index contributed by atoms with van der Waals surface area (Å²) in [5.74, 6) is 1.24. The smallest absolute Gasteiger partial charge is 0.269 e. The molecule has 2 aromatic rings. The Kier molecular flexibility index (Phi) is 4.54. The van der Waals surface area contributed by atoms with E-state index in [9.17, 15) is 4.79 Å². The fraction of sp³-hybridized carbons (Fsp3) is 0.611. The first-order valence-corrected chi connectivity index (χ1v) is 9.10. The van der Waals surface area contributed by atoms with Gasteiger partial charge in [0.2, 0.25) is 0 Å². The number of hydrogen-bond donors (Lipinski definition) is 1. The van der Waals surface area contributed by atoms with Gasteiger partial charge in [-0.25, -0.2) is 0 Å². The normalized spacial score (nSPS) is 21.8. The zero-order valence-corrected chi connectivity index (χ0v) is 15.3. The molecule has 8 heteroatoms. The molecule has 4 heterocycles. The summed E-state index contributed by atoms with van der Waals surface area (Å²) >= 11 is 0. The fourth-order valence-corrected chi connectivity index (χ4v) is 4.13. The summed E-state index contributed by atoms with van der Waals surface area (Å²) in [6, 6.07) is 3.71. The van der Waals surface area contributed by atoms with E-state index in [1.165, 1.54) is 0 Å². The van der Waals surface area contributed by atoms with Crippen molar-refractivity contribution in [1.29, 1.82) is 0 Å². The van der Waals surface area contributed by atoms with Gasteiger partial charge in [0.1, 0.15) is 11.5 Å². The van der Waals surface area contributed by atoms with Gasteiger partial charge >= 0.3 is 0 Å². The molecular formula is C18H25N5O3. The van der Waals surface area contributed by atoms with Crippen molar-refractivity contribution in [3.05, 3.63) is 35.5 Å². The molecule has 1 N–H and O–H groups in total. The molecule has 0 aromatic carbocycles. The van der Waals surface area contributed by atoms with E-state index in [0.29, 0.717) is 18.2 Å². The van der Waals surface area contributed by atoms with Gasteiger partial charge in [0.05, 0.1) is 11.3 Å². The lowest BCUT2D eigenvalue weighted by molar-refractivity contribution is -0.137. The minimum Gasteiger partial charge on any atom is -0.372 e. The lowest BCUT2D eigenvalue weighted by Gasteiger charge is -2.50. The van der Waals surface area contributed by atoms with Crippen LogP contribution in [0.25, 0.3) is 0 Å². The van der Waals surface area contributed by atoms with Gasteiger partial charge in [0, 0.05) is 52.1 Å². The van der Waals surface area contributed by atoms with Crippen LogP contribution in [0.1, 0.15) is 34.8 Å². The van der Waals surface area contributed by atoms with E-state index in [1.807, 2.05) is 13.0 Å². The van der Waals surface area contributed by atoms with Crippen LogP contribution in [0.2, 0.25) is 0 Å². The molecule has 140 valence electrons. The highest BCUT2D eigenvalue weighted by atomic mass is 16.5. The second-order valence-electron chi connectivity index (χ2n) is 7.36. The van der Waals surface area contributed by atoms with Crippen LogP contribution in [0.4, 0.5) is 0 Å². The molecule has 0 bridgehead atoms. The Labute approximate surface area is 152 Å². The Balaban J connectivity index is 1.25. The van der Waals surface area contributed by atoms with Crippen LogP contribution in [0.15, 0.2) is 22.9 Å². The Morgan fingerprint density at radius 1 is 1.46 bits per heavy atom. The van der Waals surface area contributed by atoms with Gasteiger partial charge in [-0.05, 0) is 31.7 Å². The maximum Gasteiger partial charge on any atom is 0.269 e. The SMILES string of the molecule is Cc1cc(CN2CC3(C2)OCC[C@H]3CCNC(=O)c2ccnn2C)no1. The summed E-state index contributed by atoms with van der Waals surface area (Å²) in [4.78, 5) is 14.5. The van der Waals surface area contributed by atoms with Crippen LogP contribution >= 0.6 is 0 Å². The number of aryl methyl sites for hydroxylation is 2. The number of nitrogens with one attached hydrogen (secondary N) is 1. The van der Waals surface area contributed by atoms with E-state index < -0.39 is 0 Å². The molecule has 2 aromatic heterocycles. The molecule has 0 saturated carbocycles. The molecule has 0 aliphatic carbocycles. The highest BCUT2D eigenvalue weighted by Crippen LogP contribution is 2.41. The van der Waals surface area contributed by atoms with E-state index in [2.05, 4.69) is 20.5 Å². The van der Waals surface area contributed by atoms with Gasteiger partial charge < -0.3 is 14.6 Å². The van der Waals surface area contributed by atoms with Gasteiger partial charge in [-0.15, -0.1) is 0 Å². The first-order valence-electron chi connectivity index (χ1n) is 9.10. The lowest BCUT2D eigenvalue weighted by atomic mass is 9.79. The van der Waals surface area contributed by atoms with Crippen molar-refractivity contribution in [2.75, 3.05) is 26.2 Å². The highest BCUT2D eigenvalue weighted by molar-refractivity contribution is 5.92. The minimum absolute atomic E-state index is 0.0595. The van der Waals surface area contributed by atoms with Crippen molar-refractivity contribution in [2.45, 2.75) is 31.9 Å². The van der Waals surface area contributed by atoms with E-state index in [0.717, 1.165) is 50.5 Å². The number of hydrogen-bond acceptors (Lipinski definition) is 6. The number of carbonyl (C=O) groups is 1. The number of likely N-dealkylation sites (tertiary alicyclic amines) is 1. The molecule has 0 radical (unpaired) electrons. The molecule has 26 heavy (non-hydrogen) atoms. The number of ether oxygens (including phenoxy) is 1. The quantitative estimate of drug-likeness (QED) is 0.832. The molecular weight excluding hydrogens is 334 g/mol. The monoisotopic (exact) mass is 359 g/mol. The van der Waals surface area contributed by atoms with E-state index >= 15 is 0 Å². The molecule has 2 fully saturated rings. The van der Waals surface area contributed by atoms with Crippen molar-refractivity contribution >= 4 is 5.91 Å². The minimum atomic E-state index is -0.0744. The Hall–Kier alpha value is -2.19. The van der Waals surface area contributed by atoms with Crippen LogP contribution < -0.4 is 5.32 Å². The molecule has 1 atom stereocenters. The van der Waals surface area contributed by atoms with Crippen LogP contribution in [0.3, 0.4) is 0 Å². The van der Waals surface area contributed by atoms with Gasteiger partial charge in [-0.2, -0.15) is 5.10 Å². The van der Waals surface area contributed by atoms with Crippen molar-refractivity contribution in [3.63, 3.8) is 0 Å². The number of nitrogens with zero attached hydrogens (tertiary/aromatic N) is 4. The van der Waals surface area contributed by atoms with Gasteiger partial charge in [0.25, 0.3) is 5.91 Å². The number of rotatable bonds is 6. The van der Waals surface area contributed by atoms with Crippen molar-refractivity contribution in [2.24, 2.45) is 13.0 Å². The molecule has 2 aliphatic rings. The van der Waals surface area contributed by atoms with E-state index in [-0.39, 0.29) is 11.5 Å². The molecule has 8 nitrogen and oxygen atoms in total. The van der Waals surface area contributed by atoms with Gasteiger partial charge in [-0.3, -0.25) is 14.4 Å². The second kappa shape index (κ2) is 6.85. The molecule has 1 spiro atoms. The third kappa shape index (κ3) is 3.26. The summed E-state index contributed by atoms with van der Waals surface area (Å²) < 4.78 is 12.8. The first kappa shape index (κ1) is 17.2. The summed E-state index contributed by atoms with van der Waals surface area (Å²) in [5, 5.41) is 11.1. The van der Waals surface area contributed by atoms with Crippen LogP contribution in [-0.2, 0) is 18.3 Å². The van der Waals surface area contributed by atoms with Crippen molar-refractivity contribution in [1.82, 2.24) is 25.2 Å². The van der Waals surface area contributed by atoms with Crippen molar-refractivity contribution in [3.8, 4) is 0 Å². The maximum absolute atomic E-state index is 12.2. The summed E-state index contributed by atoms with van der Waals surface area (Å²) in [6.07, 6.45) is 3.62. The Morgan fingerprint density at radius 2 is 2.31 bits per heavy atom. The third-order valence-electron chi connectivity index (χ3n) is 5.48. The standard InChI is InChI=1S/C18H25N5O3/c1-13-9-15(21-26-13)10-23-11-18(12-23)14(5-8-25-18)3-6-19-17(24)16-4-7-20-22(16)2/h4,7,9,14H,3,5-6,8,10-12H2,1-2H3,(H,19,24)/t14-/m1/s1. The average Bonchev–Trinajstić information content (AvgIpc) is 3.28.